The van der Waals surface area contributed by atoms with Crippen molar-refractivity contribution in [3.8, 4) is 5.75 Å². The van der Waals surface area contributed by atoms with Crippen LogP contribution in [0.25, 0.3) is 0 Å². The number of halogens is 1. The van der Waals surface area contributed by atoms with Crippen molar-refractivity contribution in [3.63, 3.8) is 0 Å². The Kier molecular flexibility index (Phi) is 16.0. The molecule has 49 heavy (non-hydrogen) atoms. The molecule has 281 valence electrons. The van der Waals surface area contributed by atoms with Gasteiger partial charge in [-0.15, -0.1) is 0 Å². The Hall–Kier alpha value is -0.317. The van der Waals surface area contributed by atoms with Crippen molar-refractivity contribution in [1.29, 1.82) is 0 Å². The SMILES string of the molecule is CC(C)[OH+]c1ccccc1[CH]=[Ru][Cl].CC1C[C@H](C)C(N2[CH-]N(C)CC2)[C@@H](C)C1.OC1CCC2CCCCC2C1C1CCCC2CCCCC21. The first kappa shape index (κ1) is 39.9. The van der Waals surface area contributed by atoms with Gasteiger partial charge in [0.1, 0.15) is 0 Å². The van der Waals surface area contributed by atoms with Gasteiger partial charge in [0.05, 0.1) is 6.10 Å². The average Bonchev–Trinajstić information content (AvgIpc) is 3.51. The van der Waals surface area contributed by atoms with Crippen LogP contribution in [0.15, 0.2) is 24.3 Å². The molecule has 0 spiro atoms. The molecule has 1 aromatic rings. The Morgan fingerprint density at radius 2 is 1.43 bits per heavy atom. The predicted molar refractivity (Wildman–Crippen MR) is 205 cm³/mol. The normalized spacial score (nSPS) is 38.7. The molecular formula is C43H72ClN2O2Ru. The maximum atomic E-state index is 10.9. The largest absolute Gasteiger partial charge is 0.444 e. The van der Waals surface area contributed by atoms with Crippen LogP contribution in [0.4, 0.5) is 0 Å². The van der Waals surface area contributed by atoms with Crippen LogP contribution in [0.1, 0.15) is 136 Å². The minimum Gasteiger partial charge on any atom is -0.444 e. The molecule has 5 saturated carbocycles. The number of aromatic hydroxyl groups is 1. The van der Waals surface area contributed by atoms with Gasteiger partial charge in [0.2, 0.25) is 0 Å². The van der Waals surface area contributed by atoms with Gasteiger partial charge in [0, 0.05) is 0 Å². The van der Waals surface area contributed by atoms with Gasteiger partial charge in [0.15, 0.2) is 0 Å². The van der Waals surface area contributed by atoms with Gasteiger partial charge >= 0.3 is 90.3 Å². The molecule has 0 amide bonds. The van der Waals surface area contributed by atoms with E-state index in [1.165, 1.54) is 103 Å². The maximum Gasteiger partial charge on any atom is 0.0574 e. The molecule has 6 fully saturated rings. The van der Waals surface area contributed by atoms with E-state index in [2.05, 4.69) is 73.5 Å². The molecule has 7 unspecified atom stereocenters. The fourth-order valence-corrected chi connectivity index (χ4v) is 12.9. The van der Waals surface area contributed by atoms with Crippen molar-refractivity contribution >= 4 is 14.3 Å². The molecule has 5 aliphatic carbocycles. The molecule has 4 nitrogen and oxygen atoms in total. The number of para-hydroxylation sites is 1. The minimum absolute atomic E-state index is 0.0371. The topological polar surface area (TPSA) is 39.5 Å². The second kappa shape index (κ2) is 19.7. The summed E-state index contributed by atoms with van der Waals surface area (Å²) in [6.45, 7) is 16.2. The van der Waals surface area contributed by atoms with E-state index in [-0.39, 0.29) is 21.8 Å². The molecule has 1 aliphatic heterocycles. The second-order valence-electron chi connectivity index (χ2n) is 17.6. The molecule has 2 N–H and O–H groups in total. The Morgan fingerprint density at radius 1 is 0.816 bits per heavy atom. The number of aliphatic hydroxyl groups excluding tert-OH is 1. The minimum atomic E-state index is -0.171. The maximum absolute atomic E-state index is 10.9. The summed E-state index contributed by atoms with van der Waals surface area (Å²) in [5.41, 5.74) is 1.16. The molecule has 1 heterocycles. The summed E-state index contributed by atoms with van der Waals surface area (Å²) in [5.74, 6) is 9.09. The van der Waals surface area contributed by atoms with Crippen molar-refractivity contribution in [2.24, 2.45) is 53.3 Å². The van der Waals surface area contributed by atoms with Crippen molar-refractivity contribution < 1.29 is 25.5 Å². The second-order valence-corrected chi connectivity index (χ2v) is 19.3. The fourth-order valence-electron chi connectivity index (χ4n) is 11.8. The number of likely N-dealkylation sites (N-methyl/N-ethyl adjacent to an activating group) is 1. The number of hydrogen-bond acceptors (Lipinski definition) is 3. The molecule has 1 aromatic carbocycles. The van der Waals surface area contributed by atoms with Gasteiger partial charge in [-0.05, 0) is 124 Å². The summed E-state index contributed by atoms with van der Waals surface area (Å²) in [7, 11) is 7.92. The number of ether oxygens (including phenoxy) is 1. The van der Waals surface area contributed by atoms with Gasteiger partial charge in [-0.1, -0.05) is 72.1 Å². The first-order valence-corrected chi connectivity index (χ1v) is 23.7. The van der Waals surface area contributed by atoms with Crippen LogP contribution in [0, 0.1) is 59.9 Å². The number of benzene rings is 1. The van der Waals surface area contributed by atoms with E-state index in [0.29, 0.717) is 12.0 Å². The molecule has 0 bridgehead atoms. The number of fused-ring (bicyclic) bond motifs is 2. The van der Waals surface area contributed by atoms with E-state index in [1.807, 2.05) is 18.2 Å². The third-order valence-corrected chi connectivity index (χ3v) is 14.7. The molecule has 0 radical (unpaired) electrons. The van der Waals surface area contributed by atoms with Crippen molar-refractivity contribution in [2.45, 2.75) is 149 Å². The summed E-state index contributed by atoms with van der Waals surface area (Å²) in [5, 5.41) is 10.9. The predicted octanol–water partition coefficient (Wildman–Crippen LogP) is 10.3. The van der Waals surface area contributed by atoms with E-state index in [9.17, 15) is 5.11 Å². The standard InChI is InChI=1S/C20H34O.C13H25N2.C10H12O.ClH.Ru/c21-19-13-12-15-7-2-4-10-17(15)20(19)18-11-5-8-14-6-1-3-9-16(14)18;1-10-7-11(2)13(12(3)8-10)15-6-5-14(4)9-15;1-8(2)11-10-7-5-4-6-9(10)3;;/h14-21H,1-13H2;9-13H,5-8H2,1-4H3;3-8H,1-2H3;1H;/q;-1;;;+1/t;10?,11-,12-,13?;;;/m.0.../s1. The van der Waals surface area contributed by atoms with Gasteiger partial charge in [-0.3, -0.25) is 0 Å². The third kappa shape index (κ3) is 10.9. The average molecular weight is 786 g/mol. The van der Waals surface area contributed by atoms with E-state index in [4.69, 9.17) is 9.69 Å². The number of hydrogen-bond donors (Lipinski definition) is 1. The van der Waals surface area contributed by atoms with Gasteiger partial charge in [0.25, 0.3) is 0 Å². The van der Waals surface area contributed by atoms with Crippen LogP contribution < -0.4 is 0 Å². The zero-order valence-corrected chi connectivity index (χ0v) is 34.4. The monoisotopic (exact) mass is 785 g/mol. The Balaban J connectivity index is 0.000000149. The van der Waals surface area contributed by atoms with Crippen LogP contribution >= 0.6 is 9.69 Å². The molecular weight excluding hydrogens is 713 g/mol. The number of nitrogens with zero attached hydrogens (tertiary/aromatic N) is 2. The zero-order valence-electron chi connectivity index (χ0n) is 31.9. The Morgan fingerprint density at radius 3 is 2.08 bits per heavy atom. The van der Waals surface area contributed by atoms with Crippen LogP contribution in [0.5, 0.6) is 5.75 Å². The van der Waals surface area contributed by atoms with E-state index in [1.54, 1.807) is 0 Å². The summed E-state index contributed by atoms with van der Waals surface area (Å²) >= 11 is -0.171. The summed E-state index contributed by atoms with van der Waals surface area (Å²) in [4.78, 5) is 4.90. The molecule has 6 aliphatic rings. The fraction of sp³-hybridized carbons (Fsp3) is 0.814. The summed E-state index contributed by atoms with van der Waals surface area (Å²) < 4.78 is 6.57. The molecule has 7 rings (SSSR count). The van der Waals surface area contributed by atoms with Crippen LogP contribution in [0.3, 0.4) is 0 Å². The summed E-state index contributed by atoms with van der Waals surface area (Å²) in [6.07, 6.45) is 21.7. The number of rotatable bonds is 5. The van der Waals surface area contributed by atoms with Gasteiger partial charge in [-0.25, -0.2) is 6.67 Å². The van der Waals surface area contributed by atoms with Gasteiger partial charge < -0.3 is 14.9 Å². The first-order valence-electron chi connectivity index (χ1n) is 20.5. The van der Waals surface area contributed by atoms with Gasteiger partial charge in [-0.2, -0.15) is 0 Å². The molecule has 6 heteroatoms. The third-order valence-electron chi connectivity index (χ3n) is 13.5. The smallest absolute Gasteiger partial charge is 0.0574 e. The summed E-state index contributed by atoms with van der Waals surface area (Å²) in [6, 6.07) is 8.88. The Labute approximate surface area is 313 Å². The first-order chi connectivity index (χ1) is 23.7. The Bertz CT molecular complexity index is 1130. The van der Waals surface area contributed by atoms with Crippen LogP contribution in [-0.2, 0) is 15.7 Å². The molecule has 1 saturated heterocycles. The van der Waals surface area contributed by atoms with Crippen LogP contribution in [0.2, 0.25) is 0 Å². The van der Waals surface area contributed by atoms with Crippen molar-refractivity contribution in [1.82, 2.24) is 9.80 Å². The number of aliphatic hydroxyl groups is 2. The van der Waals surface area contributed by atoms with Crippen molar-refractivity contribution in [2.75, 3.05) is 20.1 Å². The zero-order chi connectivity index (χ0) is 34.9. The quantitative estimate of drug-likeness (QED) is 0.184. The van der Waals surface area contributed by atoms with Crippen LogP contribution in [-0.4, -0.2) is 62.6 Å². The van der Waals surface area contributed by atoms with Crippen molar-refractivity contribution in [3.05, 3.63) is 36.5 Å². The van der Waals surface area contributed by atoms with E-state index < -0.39 is 0 Å². The molecule has 0 aromatic heterocycles. The van der Waals surface area contributed by atoms with E-state index in [0.717, 1.165) is 71.1 Å². The molecule has 9 atom stereocenters. The van der Waals surface area contributed by atoms with E-state index >= 15 is 0 Å².